The summed E-state index contributed by atoms with van der Waals surface area (Å²) in [7, 11) is 0. The Kier molecular flexibility index (Phi) is 3.98. The monoisotopic (exact) mass is 272 g/mol. The Morgan fingerprint density at radius 1 is 1.47 bits per heavy atom. The number of hydrogen-bond donors (Lipinski definition) is 2. The first-order valence-corrected chi connectivity index (χ1v) is 7.66. The maximum absolute atomic E-state index is 12.3. The van der Waals surface area contributed by atoms with Crippen LogP contribution in [-0.2, 0) is 4.79 Å². The smallest absolute Gasteiger partial charge is 0.236 e. The molecule has 0 aromatic heterocycles. The van der Waals surface area contributed by atoms with Gasteiger partial charge in [0, 0.05) is 12.0 Å². The first-order valence-electron chi connectivity index (χ1n) is 6.27. The van der Waals surface area contributed by atoms with E-state index in [1.54, 1.807) is 11.8 Å². The van der Waals surface area contributed by atoms with Crippen LogP contribution in [0.5, 0.6) is 0 Å². The summed E-state index contributed by atoms with van der Waals surface area (Å²) < 4.78 is -0.233. The third kappa shape index (κ3) is 2.76. The molecule has 17 heavy (non-hydrogen) atoms. The van der Waals surface area contributed by atoms with Gasteiger partial charge in [-0.05, 0) is 38.4 Å². The zero-order valence-electron chi connectivity index (χ0n) is 10.2. The molecule has 2 rings (SSSR count). The molecule has 1 aliphatic carbocycles. The summed E-state index contributed by atoms with van der Waals surface area (Å²) in [6, 6.07) is 0.165. The number of carbonyl (C=O) groups excluding carboxylic acids is 1. The van der Waals surface area contributed by atoms with Crippen LogP contribution in [0.3, 0.4) is 0 Å². The number of thiocarbonyl (C=S) groups is 1. The van der Waals surface area contributed by atoms with E-state index in [9.17, 15) is 4.79 Å². The second kappa shape index (κ2) is 5.14. The summed E-state index contributed by atoms with van der Waals surface area (Å²) in [4.78, 5) is 12.8. The summed E-state index contributed by atoms with van der Waals surface area (Å²) in [5.74, 6) is 1.46. The lowest BCUT2D eigenvalue weighted by atomic mass is 10.0. The van der Waals surface area contributed by atoms with Gasteiger partial charge >= 0.3 is 0 Å². The molecular weight excluding hydrogens is 252 g/mol. The van der Waals surface area contributed by atoms with E-state index in [0.29, 0.717) is 4.99 Å². The van der Waals surface area contributed by atoms with Crippen molar-refractivity contribution in [2.24, 2.45) is 11.7 Å². The molecule has 1 aliphatic heterocycles. The van der Waals surface area contributed by atoms with E-state index in [2.05, 4.69) is 5.32 Å². The third-order valence-electron chi connectivity index (χ3n) is 3.90. The van der Waals surface area contributed by atoms with E-state index in [4.69, 9.17) is 18.0 Å². The third-order valence-corrected chi connectivity index (χ3v) is 5.72. The fourth-order valence-corrected chi connectivity index (χ4v) is 4.25. The first-order chi connectivity index (χ1) is 8.03. The second-order valence-electron chi connectivity index (χ2n) is 5.20. The highest BCUT2D eigenvalue weighted by atomic mass is 32.2. The van der Waals surface area contributed by atoms with Crippen molar-refractivity contribution in [2.45, 2.75) is 49.8 Å². The molecule has 2 fully saturated rings. The van der Waals surface area contributed by atoms with Gasteiger partial charge in [0.05, 0.1) is 9.74 Å². The summed E-state index contributed by atoms with van der Waals surface area (Å²) in [5.41, 5.74) is 5.73. The summed E-state index contributed by atoms with van der Waals surface area (Å²) in [6.45, 7) is 2.05. The second-order valence-corrected chi connectivity index (χ2v) is 7.27. The highest BCUT2D eigenvalue weighted by Crippen LogP contribution is 2.38. The van der Waals surface area contributed by atoms with Crippen LogP contribution >= 0.6 is 24.0 Å². The van der Waals surface area contributed by atoms with Gasteiger partial charge in [-0.15, -0.1) is 11.8 Å². The van der Waals surface area contributed by atoms with Crippen molar-refractivity contribution >= 4 is 34.9 Å². The lowest BCUT2D eigenvalue weighted by Gasteiger charge is -2.27. The maximum atomic E-state index is 12.3. The van der Waals surface area contributed by atoms with E-state index in [1.165, 1.54) is 0 Å². The number of rotatable bonds is 3. The van der Waals surface area contributed by atoms with Crippen LogP contribution in [-0.4, -0.2) is 27.4 Å². The zero-order chi connectivity index (χ0) is 12.5. The molecule has 1 saturated heterocycles. The van der Waals surface area contributed by atoms with Crippen LogP contribution in [0.4, 0.5) is 0 Å². The molecule has 1 saturated carbocycles. The van der Waals surface area contributed by atoms with Gasteiger partial charge in [0.15, 0.2) is 0 Å². The van der Waals surface area contributed by atoms with E-state index in [0.717, 1.165) is 37.9 Å². The molecule has 3 nitrogen and oxygen atoms in total. The molecular formula is C12H20N2OS2. The number of thioether (sulfide) groups is 1. The highest BCUT2D eigenvalue weighted by molar-refractivity contribution is 8.01. The predicted octanol–water partition coefficient (Wildman–Crippen LogP) is 1.84. The van der Waals surface area contributed by atoms with Crippen molar-refractivity contribution in [2.75, 3.05) is 5.75 Å². The fourth-order valence-electron chi connectivity index (χ4n) is 2.75. The average Bonchev–Trinajstić information content (AvgIpc) is 2.87. The molecule has 5 heteroatoms. The van der Waals surface area contributed by atoms with Crippen LogP contribution < -0.4 is 11.1 Å². The molecule has 0 spiro atoms. The average molecular weight is 272 g/mol. The summed E-state index contributed by atoms with van der Waals surface area (Å²) >= 11 is 6.84. The van der Waals surface area contributed by atoms with Gasteiger partial charge < -0.3 is 11.1 Å². The molecule has 2 aliphatic rings. The molecule has 3 N–H and O–H groups in total. The van der Waals surface area contributed by atoms with Crippen molar-refractivity contribution in [3.63, 3.8) is 0 Å². The quantitative estimate of drug-likeness (QED) is 0.770. The Hall–Kier alpha value is -0.290. The Morgan fingerprint density at radius 2 is 2.24 bits per heavy atom. The summed E-state index contributed by atoms with van der Waals surface area (Å²) in [5, 5.41) is 3.17. The number of nitrogens with one attached hydrogen (secondary N) is 1. The van der Waals surface area contributed by atoms with E-state index in [1.807, 2.05) is 6.92 Å². The number of carbonyl (C=O) groups is 1. The lowest BCUT2D eigenvalue weighted by molar-refractivity contribution is -0.123. The van der Waals surface area contributed by atoms with Gasteiger partial charge in [-0.1, -0.05) is 18.6 Å². The van der Waals surface area contributed by atoms with Crippen molar-refractivity contribution in [3.8, 4) is 0 Å². The Bertz CT molecular complexity index is 326. The Labute approximate surface area is 112 Å². The van der Waals surface area contributed by atoms with Crippen molar-refractivity contribution in [1.29, 1.82) is 0 Å². The maximum Gasteiger partial charge on any atom is 0.236 e. The molecule has 3 atom stereocenters. The lowest BCUT2D eigenvalue weighted by Crippen LogP contribution is -2.48. The Balaban J connectivity index is 1.96. The predicted molar refractivity (Wildman–Crippen MR) is 76.2 cm³/mol. The topological polar surface area (TPSA) is 55.1 Å². The number of amides is 1. The zero-order valence-corrected chi connectivity index (χ0v) is 11.8. The van der Waals surface area contributed by atoms with Crippen LogP contribution in [0, 0.1) is 5.92 Å². The van der Waals surface area contributed by atoms with Gasteiger partial charge in [0.1, 0.15) is 0 Å². The van der Waals surface area contributed by atoms with Gasteiger partial charge in [0.25, 0.3) is 0 Å². The molecule has 0 aromatic carbocycles. The van der Waals surface area contributed by atoms with Crippen molar-refractivity contribution in [1.82, 2.24) is 5.32 Å². The number of nitrogens with two attached hydrogens (primary N) is 1. The van der Waals surface area contributed by atoms with E-state index in [-0.39, 0.29) is 22.6 Å². The SMILES string of the molecule is CC1(C(=O)NC2CCCC2C(N)=S)CCCS1. The highest BCUT2D eigenvalue weighted by Gasteiger charge is 2.40. The van der Waals surface area contributed by atoms with Crippen molar-refractivity contribution < 1.29 is 4.79 Å². The molecule has 96 valence electrons. The molecule has 0 aromatic rings. The standard InChI is InChI=1S/C12H20N2OS2/c1-12(6-3-7-17-12)11(15)14-9-5-2-4-8(9)10(13)16/h8-9H,2-7H2,1H3,(H2,13,16)(H,14,15). The fraction of sp³-hybridized carbons (Fsp3) is 0.833. The van der Waals surface area contributed by atoms with E-state index >= 15 is 0 Å². The van der Waals surface area contributed by atoms with Crippen LogP contribution in [0.1, 0.15) is 39.0 Å². The normalized spacial score (nSPS) is 37.0. The Morgan fingerprint density at radius 3 is 2.82 bits per heavy atom. The minimum absolute atomic E-state index is 0.165. The van der Waals surface area contributed by atoms with Crippen LogP contribution in [0.25, 0.3) is 0 Å². The first kappa shape index (κ1) is 13.1. The molecule has 1 heterocycles. The van der Waals surface area contributed by atoms with E-state index < -0.39 is 0 Å². The summed E-state index contributed by atoms with van der Waals surface area (Å²) in [6.07, 6.45) is 5.25. The largest absolute Gasteiger partial charge is 0.393 e. The minimum Gasteiger partial charge on any atom is -0.393 e. The molecule has 0 radical (unpaired) electrons. The van der Waals surface area contributed by atoms with Gasteiger partial charge in [-0.2, -0.15) is 0 Å². The molecule has 1 amide bonds. The van der Waals surface area contributed by atoms with Gasteiger partial charge in [-0.25, -0.2) is 0 Å². The molecule has 3 unspecified atom stereocenters. The van der Waals surface area contributed by atoms with Crippen molar-refractivity contribution in [3.05, 3.63) is 0 Å². The van der Waals surface area contributed by atoms with Gasteiger partial charge in [-0.3, -0.25) is 4.79 Å². The van der Waals surface area contributed by atoms with Crippen LogP contribution in [0.2, 0.25) is 0 Å². The van der Waals surface area contributed by atoms with Crippen LogP contribution in [0.15, 0.2) is 0 Å². The number of hydrogen-bond acceptors (Lipinski definition) is 3. The minimum atomic E-state index is -0.233. The van der Waals surface area contributed by atoms with Gasteiger partial charge in [0.2, 0.25) is 5.91 Å². The molecule has 0 bridgehead atoms.